The minimum absolute atomic E-state index is 0.0880. The Hall–Kier alpha value is -3.57. The van der Waals surface area contributed by atoms with E-state index in [4.69, 9.17) is 9.47 Å². The van der Waals surface area contributed by atoms with E-state index in [0.717, 1.165) is 26.2 Å². The normalized spacial score (nSPS) is 12.3. The number of nitrogens with one attached hydrogen (secondary N) is 1. The number of methoxy groups -OCH3 is 2. The second-order valence-corrected chi connectivity index (χ2v) is 13.7. The second kappa shape index (κ2) is 14.1. The summed E-state index contributed by atoms with van der Waals surface area (Å²) in [5.41, 5.74) is 1.31. The minimum Gasteiger partial charge on any atom is -0.493 e. The fraction of sp³-hybridized carbons (Fsp3) is 0.355. The average Bonchev–Trinajstić information content (AvgIpc) is 2.93. The molecule has 226 valence electrons. The van der Waals surface area contributed by atoms with Crippen molar-refractivity contribution in [3.63, 3.8) is 0 Å². The first kappa shape index (κ1) is 32.9. The highest BCUT2D eigenvalue weighted by molar-refractivity contribution is 9.10. The number of ether oxygens (including phenoxy) is 2. The Morgan fingerprint density at radius 3 is 2.07 bits per heavy atom. The molecular weight excluding hydrogens is 622 g/mol. The van der Waals surface area contributed by atoms with E-state index in [2.05, 4.69) is 21.2 Å². The second-order valence-electron chi connectivity index (χ2n) is 10.9. The molecule has 11 heteroatoms. The first-order valence-corrected chi connectivity index (χ1v) is 16.0. The van der Waals surface area contributed by atoms with Crippen LogP contribution in [0.25, 0.3) is 0 Å². The van der Waals surface area contributed by atoms with Crippen molar-refractivity contribution >= 4 is 43.5 Å². The van der Waals surface area contributed by atoms with Crippen LogP contribution in [-0.2, 0) is 32.6 Å². The molecule has 0 saturated carbocycles. The summed E-state index contributed by atoms with van der Waals surface area (Å²) in [4.78, 5) is 29.4. The lowest BCUT2D eigenvalue weighted by Gasteiger charge is -2.35. The summed E-state index contributed by atoms with van der Waals surface area (Å²) < 4.78 is 38.6. The number of anilines is 1. The lowest BCUT2D eigenvalue weighted by Crippen LogP contribution is -2.56. The molecular formula is C31H38BrN3O6S. The Balaban J connectivity index is 2.09. The number of halogens is 1. The topological polar surface area (TPSA) is 105 Å². The first-order chi connectivity index (χ1) is 19.7. The number of carbonyl (C=O) groups excluding carboxylic acids is 2. The van der Waals surface area contributed by atoms with Crippen LogP contribution in [0.1, 0.15) is 31.9 Å². The Kier molecular flexibility index (Phi) is 11.0. The van der Waals surface area contributed by atoms with Crippen LogP contribution < -0.4 is 19.1 Å². The maximum atomic E-state index is 14.2. The molecule has 0 unspecified atom stereocenters. The third-order valence-corrected chi connectivity index (χ3v) is 8.04. The molecule has 0 radical (unpaired) electrons. The maximum absolute atomic E-state index is 14.2. The molecule has 0 fully saturated rings. The largest absolute Gasteiger partial charge is 0.493 e. The van der Waals surface area contributed by atoms with Gasteiger partial charge >= 0.3 is 0 Å². The van der Waals surface area contributed by atoms with Crippen molar-refractivity contribution in [3.05, 3.63) is 88.4 Å². The first-order valence-electron chi connectivity index (χ1n) is 13.3. The molecule has 3 aromatic carbocycles. The maximum Gasteiger partial charge on any atom is 0.244 e. The number of rotatable bonds is 12. The van der Waals surface area contributed by atoms with Crippen molar-refractivity contribution in [2.24, 2.45) is 0 Å². The van der Waals surface area contributed by atoms with Crippen molar-refractivity contribution in [1.82, 2.24) is 10.2 Å². The van der Waals surface area contributed by atoms with Crippen molar-refractivity contribution in [3.8, 4) is 11.5 Å². The van der Waals surface area contributed by atoms with Gasteiger partial charge in [-0.25, -0.2) is 8.42 Å². The number of hydrogen-bond donors (Lipinski definition) is 1. The van der Waals surface area contributed by atoms with Gasteiger partial charge in [0.2, 0.25) is 21.8 Å². The van der Waals surface area contributed by atoms with Crippen LogP contribution in [0.15, 0.2) is 77.3 Å². The highest BCUT2D eigenvalue weighted by Crippen LogP contribution is 2.32. The Labute approximate surface area is 257 Å². The zero-order chi connectivity index (χ0) is 31.1. The predicted octanol–water partition coefficient (Wildman–Crippen LogP) is 4.79. The summed E-state index contributed by atoms with van der Waals surface area (Å²) in [5, 5.41) is 3.01. The summed E-state index contributed by atoms with van der Waals surface area (Å²) in [6.07, 6.45) is 1.27. The highest BCUT2D eigenvalue weighted by Gasteiger charge is 2.34. The van der Waals surface area contributed by atoms with Crippen LogP contribution in [0, 0.1) is 0 Å². The van der Waals surface area contributed by atoms with Gasteiger partial charge in [0.1, 0.15) is 12.6 Å². The van der Waals surface area contributed by atoms with Crippen LogP contribution in [0.3, 0.4) is 0 Å². The zero-order valence-corrected chi connectivity index (χ0v) is 27.2. The number of amides is 2. The summed E-state index contributed by atoms with van der Waals surface area (Å²) in [7, 11) is -0.999. The Bertz CT molecular complexity index is 1470. The SMILES string of the molecule is COc1ccc(N(CC(=O)N(Cc2ccc(Br)cc2)[C@H](Cc2ccccc2)C(=O)NC(C)(C)C)S(C)(=O)=O)cc1OC. The molecule has 42 heavy (non-hydrogen) atoms. The summed E-state index contributed by atoms with van der Waals surface area (Å²) in [5.74, 6) is -0.147. The third kappa shape index (κ3) is 9.22. The fourth-order valence-electron chi connectivity index (χ4n) is 4.39. The lowest BCUT2D eigenvalue weighted by atomic mass is 10.0. The van der Waals surface area contributed by atoms with Gasteiger partial charge in [-0.2, -0.15) is 0 Å². The quantitative estimate of drug-likeness (QED) is 0.300. The van der Waals surface area contributed by atoms with E-state index in [1.54, 1.807) is 12.1 Å². The summed E-state index contributed by atoms with van der Waals surface area (Å²) >= 11 is 3.44. The molecule has 3 aromatic rings. The molecule has 2 amide bonds. The van der Waals surface area contributed by atoms with Crippen LogP contribution in [-0.4, -0.2) is 63.7 Å². The van der Waals surface area contributed by atoms with Gasteiger partial charge in [-0.05, 0) is 56.2 Å². The van der Waals surface area contributed by atoms with Crippen molar-refractivity contribution in [2.75, 3.05) is 31.3 Å². The molecule has 0 aliphatic rings. The molecule has 3 rings (SSSR count). The van der Waals surface area contributed by atoms with Crippen molar-refractivity contribution in [2.45, 2.75) is 45.3 Å². The van der Waals surface area contributed by atoms with Gasteiger partial charge in [0.25, 0.3) is 0 Å². The number of hydrogen-bond acceptors (Lipinski definition) is 6. The lowest BCUT2D eigenvalue weighted by molar-refractivity contribution is -0.140. The monoisotopic (exact) mass is 659 g/mol. The molecule has 0 aliphatic carbocycles. The van der Waals surface area contributed by atoms with Gasteiger partial charge in [0, 0.05) is 29.0 Å². The number of carbonyl (C=O) groups is 2. The van der Waals surface area contributed by atoms with E-state index in [1.165, 1.54) is 25.2 Å². The number of benzene rings is 3. The van der Waals surface area contributed by atoms with E-state index < -0.39 is 34.1 Å². The summed E-state index contributed by atoms with van der Waals surface area (Å²) in [6.45, 7) is 5.17. The molecule has 1 atom stereocenters. The Morgan fingerprint density at radius 1 is 0.905 bits per heavy atom. The number of sulfonamides is 1. The van der Waals surface area contributed by atoms with Gasteiger partial charge < -0.3 is 19.7 Å². The Morgan fingerprint density at radius 2 is 1.52 bits per heavy atom. The van der Waals surface area contributed by atoms with E-state index in [9.17, 15) is 18.0 Å². The van der Waals surface area contributed by atoms with Gasteiger partial charge in [0.15, 0.2) is 11.5 Å². The van der Waals surface area contributed by atoms with Crippen molar-refractivity contribution in [1.29, 1.82) is 0 Å². The van der Waals surface area contributed by atoms with Gasteiger partial charge in [-0.15, -0.1) is 0 Å². The third-order valence-electron chi connectivity index (χ3n) is 6.37. The van der Waals surface area contributed by atoms with Gasteiger partial charge in [0.05, 0.1) is 26.2 Å². The predicted molar refractivity (Wildman–Crippen MR) is 168 cm³/mol. The molecule has 0 aliphatic heterocycles. The van der Waals surface area contributed by atoms with Crippen LogP contribution >= 0.6 is 15.9 Å². The average molecular weight is 661 g/mol. The highest BCUT2D eigenvalue weighted by atomic mass is 79.9. The number of nitrogens with zero attached hydrogens (tertiary/aromatic N) is 2. The van der Waals surface area contributed by atoms with E-state index in [1.807, 2.05) is 75.4 Å². The zero-order valence-electron chi connectivity index (χ0n) is 24.8. The van der Waals surface area contributed by atoms with E-state index in [0.29, 0.717) is 11.5 Å². The van der Waals surface area contributed by atoms with Gasteiger partial charge in [-0.3, -0.25) is 13.9 Å². The van der Waals surface area contributed by atoms with Crippen LogP contribution in [0.2, 0.25) is 0 Å². The molecule has 0 saturated heterocycles. The van der Waals surface area contributed by atoms with Crippen LogP contribution in [0.5, 0.6) is 11.5 Å². The summed E-state index contributed by atoms with van der Waals surface area (Å²) in [6, 6.07) is 20.5. The smallest absolute Gasteiger partial charge is 0.244 e. The molecule has 0 aromatic heterocycles. The standard InChI is InChI=1S/C31H38BrN3O6S/c1-31(2,3)33-30(37)26(18-22-10-8-7-9-11-22)34(20-23-12-14-24(32)15-13-23)29(36)21-35(42(6,38)39)25-16-17-27(40-4)28(19-25)41-5/h7-17,19,26H,18,20-21H2,1-6H3,(H,33,37)/t26-/m1/s1. The molecule has 0 heterocycles. The molecule has 9 nitrogen and oxygen atoms in total. The fourth-order valence-corrected chi connectivity index (χ4v) is 5.49. The van der Waals surface area contributed by atoms with E-state index >= 15 is 0 Å². The van der Waals surface area contributed by atoms with Gasteiger partial charge in [-0.1, -0.05) is 58.4 Å². The molecule has 0 bridgehead atoms. The molecule has 1 N–H and O–H groups in total. The van der Waals surface area contributed by atoms with Crippen LogP contribution in [0.4, 0.5) is 5.69 Å². The minimum atomic E-state index is -3.92. The molecule has 0 spiro atoms. The van der Waals surface area contributed by atoms with Crippen molar-refractivity contribution < 1.29 is 27.5 Å². The van der Waals surface area contributed by atoms with E-state index in [-0.39, 0.29) is 24.6 Å².